The molecular formula is C21H17Br2FN2O4S. The Hall–Kier alpha value is -2.43. The minimum Gasteiger partial charge on any atom is -0.495 e. The van der Waals surface area contributed by atoms with Gasteiger partial charge in [-0.3, -0.25) is 9.10 Å². The molecule has 0 atom stereocenters. The van der Waals surface area contributed by atoms with Gasteiger partial charge in [-0.25, -0.2) is 12.8 Å². The fraction of sp³-hybridized carbons (Fsp3) is 0.0952. The van der Waals surface area contributed by atoms with E-state index in [-0.39, 0.29) is 22.0 Å². The Morgan fingerprint density at radius 1 is 1.03 bits per heavy atom. The maximum absolute atomic E-state index is 14.1. The first-order chi connectivity index (χ1) is 14.7. The lowest BCUT2D eigenvalue weighted by Gasteiger charge is -2.25. The van der Waals surface area contributed by atoms with Crippen molar-refractivity contribution in [1.29, 1.82) is 0 Å². The van der Waals surface area contributed by atoms with Crippen LogP contribution >= 0.6 is 31.9 Å². The molecule has 0 heterocycles. The zero-order chi connectivity index (χ0) is 22.6. The Bertz CT molecular complexity index is 1210. The van der Waals surface area contributed by atoms with Crippen molar-refractivity contribution in [1.82, 2.24) is 0 Å². The third-order valence-electron chi connectivity index (χ3n) is 4.23. The van der Waals surface area contributed by atoms with E-state index in [9.17, 15) is 17.6 Å². The predicted molar refractivity (Wildman–Crippen MR) is 124 cm³/mol. The number of carbonyl (C=O) groups excluding carboxylic acids is 1. The van der Waals surface area contributed by atoms with Crippen LogP contribution in [-0.2, 0) is 14.8 Å². The third kappa shape index (κ3) is 5.44. The lowest BCUT2D eigenvalue weighted by atomic mass is 10.3. The Morgan fingerprint density at radius 3 is 2.32 bits per heavy atom. The molecule has 10 heteroatoms. The summed E-state index contributed by atoms with van der Waals surface area (Å²) in [7, 11) is -2.85. The molecule has 0 aliphatic carbocycles. The highest BCUT2D eigenvalue weighted by molar-refractivity contribution is 9.10. The molecule has 0 radical (unpaired) electrons. The summed E-state index contributed by atoms with van der Waals surface area (Å²) in [4.78, 5) is 12.6. The molecule has 0 saturated carbocycles. The highest BCUT2D eigenvalue weighted by Gasteiger charge is 2.30. The zero-order valence-electron chi connectivity index (χ0n) is 16.2. The summed E-state index contributed by atoms with van der Waals surface area (Å²) in [6, 6.07) is 16.9. The fourth-order valence-electron chi connectivity index (χ4n) is 2.79. The van der Waals surface area contributed by atoms with E-state index < -0.39 is 28.3 Å². The first-order valence-electron chi connectivity index (χ1n) is 8.88. The van der Waals surface area contributed by atoms with Gasteiger partial charge in [0.2, 0.25) is 5.91 Å². The van der Waals surface area contributed by atoms with Crippen LogP contribution in [0.5, 0.6) is 5.75 Å². The standard InChI is InChI=1S/C21H17Br2FN2O4S/c1-30-19-10-8-15(23)12-20(19)31(28,29)26(16-5-3-2-4-6-16)13-21(27)25-18-9-7-14(22)11-17(18)24/h2-12H,13H2,1H3,(H,25,27). The summed E-state index contributed by atoms with van der Waals surface area (Å²) in [6.45, 7) is -0.572. The molecule has 0 aliphatic rings. The monoisotopic (exact) mass is 570 g/mol. The number of rotatable bonds is 7. The lowest BCUT2D eigenvalue weighted by molar-refractivity contribution is -0.114. The van der Waals surface area contributed by atoms with Gasteiger partial charge in [0.05, 0.1) is 18.5 Å². The van der Waals surface area contributed by atoms with Crippen molar-refractivity contribution in [3.8, 4) is 5.75 Å². The summed E-state index contributed by atoms with van der Waals surface area (Å²) >= 11 is 6.42. The number of hydrogen-bond acceptors (Lipinski definition) is 4. The van der Waals surface area contributed by atoms with Gasteiger partial charge in [0, 0.05) is 8.95 Å². The van der Waals surface area contributed by atoms with Gasteiger partial charge in [-0.2, -0.15) is 0 Å². The minimum absolute atomic E-state index is 0.0568. The lowest BCUT2D eigenvalue weighted by Crippen LogP contribution is -2.38. The van der Waals surface area contributed by atoms with Crippen LogP contribution in [0.1, 0.15) is 0 Å². The summed E-state index contributed by atoms with van der Waals surface area (Å²) in [5, 5.41) is 2.42. The van der Waals surface area contributed by atoms with E-state index >= 15 is 0 Å². The van der Waals surface area contributed by atoms with Crippen LogP contribution in [0.4, 0.5) is 15.8 Å². The molecule has 6 nitrogen and oxygen atoms in total. The van der Waals surface area contributed by atoms with E-state index in [1.807, 2.05) is 0 Å². The SMILES string of the molecule is COc1ccc(Br)cc1S(=O)(=O)N(CC(=O)Nc1ccc(Br)cc1F)c1ccccc1. The third-order valence-corrected chi connectivity index (χ3v) is 7.01. The predicted octanol–water partition coefficient (Wildman–Crippen LogP) is 5.19. The molecule has 3 aromatic carbocycles. The van der Waals surface area contributed by atoms with E-state index in [0.717, 1.165) is 4.31 Å². The molecule has 0 aromatic heterocycles. The van der Waals surface area contributed by atoms with Crippen molar-refractivity contribution < 1.29 is 22.3 Å². The smallest absolute Gasteiger partial charge is 0.268 e. The van der Waals surface area contributed by atoms with Gasteiger partial charge >= 0.3 is 0 Å². The molecule has 0 saturated heterocycles. The van der Waals surface area contributed by atoms with Crippen molar-refractivity contribution in [3.63, 3.8) is 0 Å². The van der Waals surface area contributed by atoms with Crippen LogP contribution in [0.25, 0.3) is 0 Å². The fourth-order valence-corrected chi connectivity index (χ4v) is 5.24. The molecule has 0 unspecified atom stereocenters. The van der Waals surface area contributed by atoms with Gasteiger partial charge in [-0.1, -0.05) is 50.1 Å². The van der Waals surface area contributed by atoms with Crippen molar-refractivity contribution in [2.75, 3.05) is 23.3 Å². The quantitative estimate of drug-likeness (QED) is 0.423. The van der Waals surface area contributed by atoms with Gasteiger partial charge < -0.3 is 10.1 Å². The van der Waals surface area contributed by atoms with E-state index in [4.69, 9.17) is 4.74 Å². The number of carbonyl (C=O) groups is 1. The van der Waals surface area contributed by atoms with E-state index in [0.29, 0.717) is 8.95 Å². The van der Waals surface area contributed by atoms with Crippen molar-refractivity contribution in [3.05, 3.63) is 81.5 Å². The number of anilines is 2. The first kappa shape index (κ1) is 23.2. The number of para-hydroxylation sites is 1. The largest absolute Gasteiger partial charge is 0.495 e. The highest BCUT2D eigenvalue weighted by atomic mass is 79.9. The van der Waals surface area contributed by atoms with Crippen LogP contribution < -0.4 is 14.4 Å². The number of benzene rings is 3. The molecule has 3 rings (SSSR count). The number of sulfonamides is 1. The minimum atomic E-state index is -4.21. The topological polar surface area (TPSA) is 75.7 Å². The van der Waals surface area contributed by atoms with Crippen LogP contribution in [0.15, 0.2) is 80.6 Å². The molecule has 31 heavy (non-hydrogen) atoms. The molecule has 0 bridgehead atoms. The van der Waals surface area contributed by atoms with Crippen molar-refractivity contribution in [2.24, 2.45) is 0 Å². The molecule has 1 amide bonds. The second-order valence-corrected chi connectivity index (χ2v) is 9.98. The van der Waals surface area contributed by atoms with Gasteiger partial charge in [0.15, 0.2) is 0 Å². The molecule has 1 N–H and O–H groups in total. The van der Waals surface area contributed by atoms with Crippen LogP contribution in [-0.4, -0.2) is 28.0 Å². The summed E-state index contributed by atoms with van der Waals surface area (Å²) in [5.74, 6) is -1.23. The van der Waals surface area contributed by atoms with Gasteiger partial charge in [-0.05, 0) is 48.5 Å². The molecule has 0 aliphatic heterocycles. The second-order valence-electron chi connectivity index (χ2n) is 6.31. The first-order valence-corrected chi connectivity index (χ1v) is 11.9. The number of hydrogen-bond donors (Lipinski definition) is 1. The second kappa shape index (κ2) is 9.80. The molecule has 162 valence electrons. The van der Waals surface area contributed by atoms with Crippen LogP contribution in [0, 0.1) is 5.82 Å². The van der Waals surface area contributed by atoms with Gasteiger partial charge in [0.25, 0.3) is 10.0 Å². The summed E-state index contributed by atoms with van der Waals surface area (Å²) < 4.78 is 48.4. The Kier molecular flexibility index (Phi) is 7.34. The normalized spacial score (nSPS) is 11.1. The maximum atomic E-state index is 14.1. The number of halogens is 3. The molecule has 3 aromatic rings. The van der Waals surface area contributed by atoms with Crippen molar-refractivity contribution in [2.45, 2.75) is 4.90 Å². The Balaban J connectivity index is 1.99. The zero-order valence-corrected chi connectivity index (χ0v) is 20.2. The maximum Gasteiger partial charge on any atom is 0.268 e. The number of nitrogens with zero attached hydrogens (tertiary/aromatic N) is 1. The number of nitrogens with one attached hydrogen (secondary N) is 1. The van der Waals surface area contributed by atoms with Crippen LogP contribution in [0.3, 0.4) is 0 Å². The van der Waals surface area contributed by atoms with E-state index in [1.165, 1.54) is 31.4 Å². The number of ether oxygens (including phenoxy) is 1. The van der Waals surface area contributed by atoms with E-state index in [1.54, 1.807) is 42.5 Å². The van der Waals surface area contributed by atoms with Crippen LogP contribution in [0.2, 0.25) is 0 Å². The highest BCUT2D eigenvalue weighted by Crippen LogP contribution is 2.32. The van der Waals surface area contributed by atoms with Gasteiger partial charge in [0.1, 0.15) is 23.0 Å². The average Bonchev–Trinajstić information content (AvgIpc) is 2.74. The molecular weight excluding hydrogens is 555 g/mol. The average molecular weight is 572 g/mol. The Morgan fingerprint density at radius 2 is 1.68 bits per heavy atom. The molecule has 0 spiro atoms. The van der Waals surface area contributed by atoms with Gasteiger partial charge in [-0.15, -0.1) is 0 Å². The van der Waals surface area contributed by atoms with Crippen molar-refractivity contribution >= 4 is 59.2 Å². The summed E-state index contributed by atoms with van der Waals surface area (Å²) in [5.41, 5.74) is 0.217. The van der Waals surface area contributed by atoms with E-state index in [2.05, 4.69) is 37.2 Å². The molecule has 0 fully saturated rings. The summed E-state index contributed by atoms with van der Waals surface area (Å²) in [6.07, 6.45) is 0. The number of amides is 1. The Labute approximate surface area is 196 Å². The number of methoxy groups -OCH3 is 1.